The maximum atomic E-state index is 13.3. The van der Waals surface area contributed by atoms with E-state index in [2.05, 4.69) is 5.32 Å². The van der Waals surface area contributed by atoms with E-state index in [-0.39, 0.29) is 25.3 Å². The molecule has 8 heteroatoms. The van der Waals surface area contributed by atoms with E-state index in [0.717, 1.165) is 0 Å². The van der Waals surface area contributed by atoms with Crippen LogP contribution < -0.4 is 10.2 Å². The zero-order valence-electron chi connectivity index (χ0n) is 18.9. The Morgan fingerprint density at radius 3 is 2.20 bits per heavy atom. The summed E-state index contributed by atoms with van der Waals surface area (Å²) in [6.45, 7) is -0.492. The van der Waals surface area contributed by atoms with Gasteiger partial charge in [0.15, 0.2) is 6.61 Å². The Bertz CT molecular complexity index is 1180. The molecule has 7 nitrogen and oxygen atoms in total. The minimum absolute atomic E-state index is 0.0542. The highest BCUT2D eigenvalue weighted by molar-refractivity contribution is 5.96. The summed E-state index contributed by atoms with van der Waals surface area (Å²) in [6.07, 6.45) is -0.136. The number of hydrogen-bond donors (Lipinski definition) is 1. The van der Waals surface area contributed by atoms with Gasteiger partial charge < -0.3 is 15.0 Å². The summed E-state index contributed by atoms with van der Waals surface area (Å²) in [7, 11) is 0. The number of nitrogens with one attached hydrogen (secondary N) is 1. The van der Waals surface area contributed by atoms with Crippen LogP contribution in [-0.4, -0.2) is 30.9 Å². The van der Waals surface area contributed by atoms with Gasteiger partial charge in [0, 0.05) is 17.8 Å². The normalized spacial score (nSPS) is 11.1. The van der Waals surface area contributed by atoms with E-state index in [1.54, 1.807) is 54.6 Å². The molecular formula is C27H24FN3O4. The maximum absolute atomic E-state index is 13.3. The molecule has 0 heterocycles. The minimum Gasteiger partial charge on any atom is -0.455 e. The SMILES string of the molecule is N#CCCN(C(=O)COC(=O)CC(NC(=O)c1ccccc1)c1ccccc1)c1ccc(F)cc1. The molecule has 0 fully saturated rings. The van der Waals surface area contributed by atoms with Gasteiger partial charge in [0.2, 0.25) is 0 Å². The molecule has 178 valence electrons. The zero-order chi connectivity index (χ0) is 25.0. The second-order valence-electron chi connectivity index (χ2n) is 7.60. The van der Waals surface area contributed by atoms with Gasteiger partial charge in [-0.25, -0.2) is 4.39 Å². The first-order valence-corrected chi connectivity index (χ1v) is 11.0. The number of nitriles is 1. The summed E-state index contributed by atoms with van der Waals surface area (Å²) in [4.78, 5) is 39.3. The lowest BCUT2D eigenvalue weighted by atomic mass is 10.0. The van der Waals surface area contributed by atoms with Gasteiger partial charge in [0.25, 0.3) is 11.8 Å². The summed E-state index contributed by atoms with van der Waals surface area (Å²) in [5.41, 5.74) is 1.55. The summed E-state index contributed by atoms with van der Waals surface area (Å²) < 4.78 is 18.5. The van der Waals surface area contributed by atoms with Crippen LogP contribution in [0.15, 0.2) is 84.9 Å². The zero-order valence-corrected chi connectivity index (χ0v) is 18.9. The first-order valence-electron chi connectivity index (χ1n) is 11.0. The van der Waals surface area contributed by atoms with Crippen molar-refractivity contribution in [1.29, 1.82) is 5.26 Å². The number of esters is 1. The molecule has 0 aromatic heterocycles. The summed E-state index contributed by atoms with van der Waals surface area (Å²) in [5.74, 6) is -2.04. The van der Waals surface area contributed by atoms with Gasteiger partial charge in [0.1, 0.15) is 5.82 Å². The van der Waals surface area contributed by atoms with E-state index in [0.29, 0.717) is 16.8 Å². The Morgan fingerprint density at radius 2 is 1.57 bits per heavy atom. The number of halogens is 1. The number of benzene rings is 3. The van der Waals surface area contributed by atoms with E-state index < -0.39 is 30.3 Å². The summed E-state index contributed by atoms with van der Waals surface area (Å²) in [6, 6.07) is 24.1. The van der Waals surface area contributed by atoms with Crippen molar-refractivity contribution in [1.82, 2.24) is 5.32 Å². The first-order chi connectivity index (χ1) is 17.0. The van der Waals surface area contributed by atoms with Crippen molar-refractivity contribution in [2.75, 3.05) is 18.1 Å². The monoisotopic (exact) mass is 473 g/mol. The maximum Gasteiger partial charge on any atom is 0.308 e. The van der Waals surface area contributed by atoms with Crippen LogP contribution in [0.25, 0.3) is 0 Å². The molecule has 0 radical (unpaired) electrons. The topological polar surface area (TPSA) is 99.5 Å². The molecule has 0 saturated carbocycles. The van der Waals surface area contributed by atoms with Crippen LogP contribution in [0.3, 0.4) is 0 Å². The fraction of sp³-hybridized carbons (Fsp3) is 0.185. The van der Waals surface area contributed by atoms with E-state index >= 15 is 0 Å². The largest absolute Gasteiger partial charge is 0.455 e. The van der Waals surface area contributed by atoms with Gasteiger partial charge >= 0.3 is 5.97 Å². The molecule has 0 saturated heterocycles. The lowest BCUT2D eigenvalue weighted by Gasteiger charge is -2.22. The van der Waals surface area contributed by atoms with Gasteiger partial charge in [-0.3, -0.25) is 14.4 Å². The number of anilines is 1. The van der Waals surface area contributed by atoms with Crippen LogP contribution in [-0.2, 0) is 14.3 Å². The molecule has 3 rings (SSSR count). The molecule has 0 aliphatic heterocycles. The van der Waals surface area contributed by atoms with Gasteiger partial charge in [-0.2, -0.15) is 5.26 Å². The average Bonchev–Trinajstić information content (AvgIpc) is 2.89. The molecule has 0 spiro atoms. The van der Waals surface area contributed by atoms with E-state index in [1.807, 2.05) is 12.1 Å². The molecule has 2 amide bonds. The van der Waals surface area contributed by atoms with Crippen molar-refractivity contribution in [2.45, 2.75) is 18.9 Å². The van der Waals surface area contributed by atoms with Crippen molar-refractivity contribution >= 4 is 23.5 Å². The van der Waals surface area contributed by atoms with Crippen LogP contribution in [0.2, 0.25) is 0 Å². The van der Waals surface area contributed by atoms with E-state index in [4.69, 9.17) is 10.00 Å². The fourth-order valence-electron chi connectivity index (χ4n) is 3.40. The van der Waals surface area contributed by atoms with Crippen LogP contribution in [0, 0.1) is 17.1 Å². The van der Waals surface area contributed by atoms with Crippen molar-refractivity contribution in [3.8, 4) is 6.07 Å². The molecule has 3 aromatic carbocycles. The Labute approximate surface area is 202 Å². The van der Waals surface area contributed by atoms with Crippen LogP contribution in [0.4, 0.5) is 10.1 Å². The highest BCUT2D eigenvalue weighted by Crippen LogP contribution is 2.19. The van der Waals surface area contributed by atoms with Gasteiger partial charge in [-0.05, 0) is 42.0 Å². The minimum atomic E-state index is -0.681. The molecule has 1 N–H and O–H groups in total. The van der Waals surface area contributed by atoms with Crippen molar-refractivity contribution in [2.24, 2.45) is 0 Å². The number of carbonyl (C=O) groups excluding carboxylic acids is 3. The van der Waals surface area contributed by atoms with Crippen molar-refractivity contribution < 1.29 is 23.5 Å². The third kappa shape index (κ3) is 7.51. The Kier molecular flexibility index (Phi) is 9.08. The molecule has 0 aliphatic rings. The Balaban J connectivity index is 1.65. The van der Waals surface area contributed by atoms with Crippen molar-refractivity contribution in [3.05, 3.63) is 102 Å². The first kappa shape index (κ1) is 25.1. The van der Waals surface area contributed by atoms with Gasteiger partial charge in [0.05, 0.1) is 25.0 Å². The van der Waals surface area contributed by atoms with Crippen molar-refractivity contribution in [3.63, 3.8) is 0 Å². The second-order valence-corrected chi connectivity index (χ2v) is 7.60. The lowest BCUT2D eigenvalue weighted by molar-refractivity contribution is -0.148. The van der Waals surface area contributed by atoms with Crippen LogP contribution >= 0.6 is 0 Å². The molecular weight excluding hydrogens is 449 g/mol. The van der Waals surface area contributed by atoms with E-state index in [9.17, 15) is 18.8 Å². The molecule has 1 unspecified atom stereocenters. The summed E-state index contributed by atoms with van der Waals surface area (Å²) in [5, 5.41) is 11.7. The predicted octanol–water partition coefficient (Wildman–Crippen LogP) is 4.18. The Hall–Kier alpha value is -4.51. The van der Waals surface area contributed by atoms with E-state index in [1.165, 1.54) is 29.2 Å². The highest BCUT2D eigenvalue weighted by Gasteiger charge is 2.22. The summed E-state index contributed by atoms with van der Waals surface area (Å²) >= 11 is 0. The molecule has 0 aliphatic carbocycles. The predicted molar refractivity (Wildman–Crippen MR) is 128 cm³/mol. The number of nitrogens with zero attached hydrogens (tertiary/aromatic N) is 2. The second kappa shape index (κ2) is 12.7. The number of ether oxygens (including phenoxy) is 1. The molecule has 1 atom stereocenters. The smallest absolute Gasteiger partial charge is 0.308 e. The standard InChI is InChI=1S/C27H24FN3O4/c28-22-12-14-23(15-13-22)31(17-7-16-29)25(32)19-35-26(33)18-24(20-8-3-1-4-9-20)30-27(34)21-10-5-2-6-11-21/h1-6,8-15,24H,7,17-19H2,(H,30,34). The molecule has 35 heavy (non-hydrogen) atoms. The van der Waals surface area contributed by atoms with Crippen LogP contribution in [0.5, 0.6) is 0 Å². The average molecular weight is 474 g/mol. The van der Waals surface area contributed by atoms with Gasteiger partial charge in [-0.1, -0.05) is 48.5 Å². The lowest BCUT2D eigenvalue weighted by Crippen LogP contribution is -2.36. The Morgan fingerprint density at radius 1 is 0.943 bits per heavy atom. The number of carbonyl (C=O) groups is 3. The van der Waals surface area contributed by atoms with Gasteiger partial charge in [-0.15, -0.1) is 0 Å². The third-order valence-electron chi connectivity index (χ3n) is 5.16. The molecule has 0 bridgehead atoms. The van der Waals surface area contributed by atoms with Crippen LogP contribution in [0.1, 0.15) is 34.8 Å². The fourth-order valence-corrected chi connectivity index (χ4v) is 3.40. The number of rotatable bonds is 10. The number of hydrogen-bond acceptors (Lipinski definition) is 5. The third-order valence-corrected chi connectivity index (χ3v) is 5.16. The highest BCUT2D eigenvalue weighted by atomic mass is 19.1. The molecule has 3 aromatic rings. The number of amides is 2. The quantitative estimate of drug-likeness (QED) is 0.446.